The standard InChI is InChI=1S/C13H12O4/c14-11-6-9-3-1-8(2-4-13(16)17)5-10(9)7-12(11)15/h1,3,5-7,14-15H,2,4H2,(H,16,17). The summed E-state index contributed by atoms with van der Waals surface area (Å²) in [5, 5.41) is 28.9. The molecule has 0 unspecified atom stereocenters. The summed E-state index contributed by atoms with van der Waals surface area (Å²) >= 11 is 0. The monoisotopic (exact) mass is 232 g/mol. The summed E-state index contributed by atoms with van der Waals surface area (Å²) in [6, 6.07) is 8.38. The quantitative estimate of drug-likeness (QED) is 0.709. The third-order valence-electron chi connectivity index (χ3n) is 2.63. The molecule has 4 nitrogen and oxygen atoms in total. The van der Waals surface area contributed by atoms with E-state index >= 15 is 0 Å². The van der Waals surface area contributed by atoms with Crippen LogP contribution >= 0.6 is 0 Å². The molecule has 0 saturated heterocycles. The molecule has 0 aromatic heterocycles. The van der Waals surface area contributed by atoms with Gasteiger partial charge in [0.25, 0.3) is 0 Å². The first-order valence-corrected chi connectivity index (χ1v) is 5.22. The number of aromatic hydroxyl groups is 2. The van der Waals surface area contributed by atoms with E-state index in [9.17, 15) is 15.0 Å². The number of carboxylic acids is 1. The zero-order valence-corrected chi connectivity index (χ0v) is 9.05. The highest BCUT2D eigenvalue weighted by molar-refractivity contribution is 5.86. The van der Waals surface area contributed by atoms with Crippen LogP contribution in [-0.4, -0.2) is 21.3 Å². The Morgan fingerprint density at radius 1 is 1.00 bits per heavy atom. The predicted octanol–water partition coefficient (Wildman–Crippen LogP) is 2.27. The van der Waals surface area contributed by atoms with Gasteiger partial charge in [-0.05, 0) is 34.9 Å². The molecule has 0 spiro atoms. The minimum absolute atomic E-state index is 0.0789. The number of hydrogen-bond acceptors (Lipinski definition) is 3. The largest absolute Gasteiger partial charge is 0.504 e. The van der Waals surface area contributed by atoms with Gasteiger partial charge >= 0.3 is 5.97 Å². The molecule has 88 valence electrons. The fraction of sp³-hybridized carbons (Fsp3) is 0.154. The Bertz CT molecular complexity index is 575. The van der Waals surface area contributed by atoms with Crippen LogP contribution in [0.5, 0.6) is 11.5 Å². The molecule has 2 aromatic rings. The zero-order chi connectivity index (χ0) is 12.4. The summed E-state index contributed by atoms with van der Waals surface area (Å²) in [6.45, 7) is 0. The van der Waals surface area contributed by atoms with Gasteiger partial charge in [-0.1, -0.05) is 18.2 Å². The number of phenols is 2. The SMILES string of the molecule is O=C(O)CCc1ccc2cc(O)c(O)cc2c1. The summed E-state index contributed by atoms with van der Waals surface area (Å²) in [4.78, 5) is 10.5. The lowest BCUT2D eigenvalue weighted by atomic mass is 10.0. The maximum Gasteiger partial charge on any atom is 0.303 e. The topological polar surface area (TPSA) is 77.8 Å². The number of carbonyl (C=O) groups is 1. The number of aliphatic carboxylic acids is 1. The van der Waals surface area contributed by atoms with Crippen LogP contribution < -0.4 is 0 Å². The van der Waals surface area contributed by atoms with Crippen LogP contribution in [0.4, 0.5) is 0 Å². The highest BCUT2D eigenvalue weighted by Gasteiger charge is 2.04. The average Bonchev–Trinajstić information content (AvgIpc) is 2.28. The number of carboxylic acid groups (broad SMARTS) is 1. The van der Waals surface area contributed by atoms with E-state index in [1.54, 1.807) is 6.07 Å². The van der Waals surface area contributed by atoms with Crippen molar-refractivity contribution >= 4 is 16.7 Å². The van der Waals surface area contributed by atoms with Gasteiger partial charge in [0.15, 0.2) is 11.5 Å². The molecule has 0 bridgehead atoms. The molecule has 0 amide bonds. The second-order valence-corrected chi connectivity index (χ2v) is 3.92. The van der Waals surface area contributed by atoms with Crippen molar-refractivity contribution in [2.45, 2.75) is 12.8 Å². The lowest BCUT2D eigenvalue weighted by Gasteiger charge is -2.04. The molecule has 0 aliphatic heterocycles. The minimum Gasteiger partial charge on any atom is -0.504 e. The molecule has 17 heavy (non-hydrogen) atoms. The van der Waals surface area contributed by atoms with E-state index in [1.165, 1.54) is 12.1 Å². The van der Waals surface area contributed by atoms with Gasteiger partial charge in [0.1, 0.15) is 0 Å². The molecule has 0 saturated carbocycles. The van der Waals surface area contributed by atoms with Crippen molar-refractivity contribution in [3.05, 3.63) is 35.9 Å². The van der Waals surface area contributed by atoms with Crippen LogP contribution in [0, 0.1) is 0 Å². The van der Waals surface area contributed by atoms with Crippen LogP contribution in [0.2, 0.25) is 0 Å². The lowest BCUT2D eigenvalue weighted by Crippen LogP contribution is -1.97. The predicted molar refractivity (Wildman–Crippen MR) is 63.2 cm³/mol. The average molecular weight is 232 g/mol. The van der Waals surface area contributed by atoms with Crippen LogP contribution in [0.3, 0.4) is 0 Å². The second-order valence-electron chi connectivity index (χ2n) is 3.92. The Hall–Kier alpha value is -2.23. The Morgan fingerprint density at radius 3 is 2.29 bits per heavy atom. The van der Waals surface area contributed by atoms with Crippen LogP contribution in [0.15, 0.2) is 30.3 Å². The molecule has 0 aliphatic carbocycles. The highest BCUT2D eigenvalue weighted by atomic mass is 16.4. The summed E-state index contributed by atoms with van der Waals surface area (Å²) in [5.41, 5.74) is 0.894. The van der Waals surface area contributed by atoms with Gasteiger partial charge in [0, 0.05) is 6.42 Å². The van der Waals surface area contributed by atoms with E-state index in [1.807, 2.05) is 12.1 Å². The van der Waals surface area contributed by atoms with Gasteiger partial charge in [0.05, 0.1) is 0 Å². The molecule has 0 atom stereocenters. The first-order chi connectivity index (χ1) is 8.06. The van der Waals surface area contributed by atoms with Crippen molar-refractivity contribution in [1.29, 1.82) is 0 Å². The number of fused-ring (bicyclic) bond motifs is 1. The second kappa shape index (κ2) is 4.33. The molecular formula is C13H12O4. The molecule has 2 aromatic carbocycles. The Kier molecular flexibility index (Phi) is 2.87. The molecule has 3 N–H and O–H groups in total. The van der Waals surface area contributed by atoms with Crippen molar-refractivity contribution in [2.24, 2.45) is 0 Å². The molecule has 2 rings (SSSR count). The number of aryl methyl sites for hydroxylation is 1. The van der Waals surface area contributed by atoms with E-state index in [0.29, 0.717) is 6.42 Å². The van der Waals surface area contributed by atoms with Crippen LogP contribution in [0.25, 0.3) is 10.8 Å². The highest BCUT2D eigenvalue weighted by Crippen LogP contribution is 2.30. The third kappa shape index (κ3) is 2.47. The maximum absolute atomic E-state index is 10.5. The molecule has 4 heteroatoms. The van der Waals surface area contributed by atoms with Crippen molar-refractivity contribution in [3.63, 3.8) is 0 Å². The number of phenolic OH excluding ortho intramolecular Hbond substituents is 2. The van der Waals surface area contributed by atoms with Crippen molar-refractivity contribution in [2.75, 3.05) is 0 Å². The molecule has 0 aliphatic rings. The molecular weight excluding hydrogens is 220 g/mol. The van der Waals surface area contributed by atoms with Crippen LogP contribution in [-0.2, 0) is 11.2 Å². The molecule has 0 radical (unpaired) electrons. The first kappa shape index (κ1) is 11.3. The van der Waals surface area contributed by atoms with Crippen molar-refractivity contribution in [1.82, 2.24) is 0 Å². The number of benzene rings is 2. The van der Waals surface area contributed by atoms with Gasteiger partial charge in [-0.15, -0.1) is 0 Å². The summed E-state index contributed by atoms with van der Waals surface area (Å²) in [6.07, 6.45) is 0.530. The van der Waals surface area contributed by atoms with E-state index in [4.69, 9.17) is 5.11 Å². The zero-order valence-electron chi connectivity index (χ0n) is 9.05. The Labute approximate surface area is 97.8 Å². The molecule has 0 heterocycles. The van der Waals surface area contributed by atoms with E-state index < -0.39 is 5.97 Å². The summed E-state index contributed by atoms with van der Waals surface area (Å²) in [5.74, 6) is -1.16. The lowest BCUT2D eigenvalue weighted by molar-refractivity contribution is -0.136. The van der Waals surface area contributed by atoms with Gasteiger partial charge in [0.2, 0.25) is 0 Å². The maximum atomic E-state index is 10.5. The smallest absolute Gasteiger partial charge is 0.303 e. The van der Waals surface area contributed by atoms with Gasteiger partial charge in [-0.3, -0.25) is 4.79 Å². The van der Waals surface area contributed by atoms with Crippen molar-refractivity contribution < 1.29 is 20.1 Å². The minimum atomic E-state index is -0.835. The van der Waals surface area contributed by atoms with E-state index in [2.05, 4.69) is 0 Å². The number of rotatable bonds is 3. The van der Waals surface area contributed by atoms with E-state index in [-0.39, 0.29) is 17.9 Å². The van der Waals surface area contributed by atoms with Gasteiger partial charge in [-0.25, -0.2) is 0 Å². The summed E-state index contributed by atoms with van der Waals surface area (Å²) < 4.78 is 0. The molecule has 0 fully saturated rings. The normalized spacial score (nSPS) is 10.6. The Morgan fingerprint density at radius 2 is 1.65 bits per heavy atom. The fourth-order valence-corrected chi connectivity index (χ4v) is 1.73. The first-order valence-electron chi connectivity index (χ1n) is 5.22. The van der Waals surface area contributed by atoms with Crippen LogP contribution in [0.1, 0.15) is 12.0 Å². The summed E-state index contributed by atoms with van der Waals surface area (Å²) in [7, 11) is 0. The van der Waals surface area contributed by atoms with E-state index in [0.717, 1.165) is 16.3 Å². The third-order valence-corrected chi connectivity index (χ3v) is 2.63. The fourth-order valence-electron chi connectivity index (χ4n) is 1.73. The number of hydrogen-bond donors (Lipinski definition) is 3. The van der Waals surface area contributed by atoms with Gasteiger partial charge < -0.3 is 15.3 Å². The van der Waals surface area contributed by atoms with Crippen molar-refractivity contribution in [3.8, 4) is 11.5 Å². The Balaban J connectivity index is 2.36. The van der Waals surface area contributed by atoms with Gasteiger partial charge in [-0.2, -0.15) is 0 Å².